The molecule has 0 aliphatic carbocycles. The average Bonchev–Trinajstić information content (AvgIpc) is 3.11. The molecule has 3 rings (SSSR count). The van der Waals surface area contributed by atoms with Gasteiger partial charge >= 0.3 is 5.97 Å². The SMILES string of the molecule is CCOC(=O)c1[nH]c2ccc(Cl)c(F)c2c1[PH](=O)c1cc(C)cc(/C=C/C#N)c1C. The lowest BCUT2D eigenvalue weighted by Crippen LogP contribution is -2.19. The standard InChI is InChI=1S/C22H19ClFN2O3P/c1-4-29-22(27)20-21(18-16(26-20)8-7-15(23)19(18)24)30(28)17-11-12(2)10-14(13(17)3)6-5-9-25/h5-8,10-11,26,30H,4H2,1-3H3/b6-5+. The maximum atomic E-state index is 14.9. The predicted octanol–water partition coefficient (Wildman–Crippen LogP) is 4.80. The third-order valence-corrected chi connectivity index (χ3v) is 6.99. The Hall–Kier alpha value is -2.87. The molecule has 1 N–H and O–H groups in total. The number of esters is 1. The van der Waals surface area contributed by atoms with Crippen molar-refractivity contribution < 1.29 is 18.5 Å². The largest absolute Gasteiger partial charge is 0.461 e. The van der Waals surface area contributed by atoms with Crippen molar-refractivity contribution in [2.75, 3.05) is 6.61 Å². The molecule has 0 spiro atoms. The average molecular weight is 445 g/mol. The number of ether oxygens (including phenoxy) is 1. The number of aryl methyl sites for hydroxylation is 1. The summed E-state index contributed by atoms with van der Waals surface area (Å²) in [7, 11) is -2.85. The molecule has 0 saturated carbocycles. The number of aromatic nitrogens is 1. The highest BCUT2D eigenvalue weighted by molar-refractivity contribution is 7.62. The quantitative estimate of drug-likeness (QED) is 0.348. The Labute approximate surface area is 178 Å². The molecule has 2 aromatic carbocycles. The molecule has 5 nitrogen and oxygen atoms in total. The van der Waals surface area contributed by atoms with Gasteiger partial charge in [0.05, 0.1) is 23.0 Å². The number of nitrogens with zero attached hydrogens (tertiary/aromatic N) is 1. The fraction of sp³-hybridized carbons (Fsp3) is 0.182. The lowest BCUT2D eigenvalue weighted by molar-refractivity contribution is 0.0522. The lowest BCUT2D eigenvalue weighted by atomic mass is 10.1. The molecule has 0 amide bonds. The number of hydrogen-bond donors (Lipinski definition) is 1. The molecule has 1 unspecified atom stereocenters. The molecule has 1 heterocycles. The minimum atomic E-state index is -2.85. The van der Waals surface area contributed by atoms with E-state index in [9.17, 15) is 13.8 Å². The Kier molecular flexibility index (Phi) is 6.45. The van der Waals surface area contributed by atoms with E-state index in [0.29, 0.717) is 16.4 Å². The maximum Gasteiger partial charge on any atom is 0.355 e. The van der Waals surface area contributed by atoms with Crippen LogP contribution in [0.2, 0.25) is 5.02 Å². The summed E-state index contributed by atoms with van der Waals surface area (Å²) >= 11 is 5.96. The topological polar surface area (TPSA) is 83.0 Å². The minimum Gasteiger partial charge on any atom is -0.461 e. The third kappa shape index (κ3) is 3.92. The first-order valence-electron chi connectivity index (χ1n) is 9.19. The summed E-state index contributed by atoms with van der Waals surface area (Å²) in [4.78, 5) is 15.4. The molecule has 0 fully saturated rings. The van der Waals surface area contributed by atoms with Gasteiger partial charge in [0, 0.05) is 22.3 Å². The Bertz CT molecular complexity index is 1260. The first-order valence-corrected chi connectivity index (χ1v) is 11.0. The van der Waals surface area contributed by atoms with Crippen molar-refractivity contribution in [1.82, 2.24) is 4.98 Å². The Morgan fingerprint density at radius 1 is 1.37 bits per heavy atom. The number of rotatable bonds is 5. The summed E-state index contributed by atoms with van der Waals surface area (Å²) < 4.78 is 33.8. The van der Waals surface area contributed by atoms with Gasteiger partial charge in [0.15, 0.2) is 5.82 Å². The minimum absolute atomic E-state index is 0.0180. The van der Waals surface area contributed by atoms with Gasteiger partial charge in [-0.3, -0.25) is 0 Å². The Morgan fingerprint density at radius 2 is 2.10 bits per heavy atom. The maximum absolute atomic E-state index is 14.9. The van der Waals surface area contributed by atoms with Crippen LogP contribution < -0.4 is 10.6 Å². The summed E-state index contributed by atoms with van der Waals surface area (Å²) in [5.41, 5.74) is 2.49. The number of benzene rings is 2. The fourth-order valence-corrected chi connectivity index (χ4v) is 5.50. The number of H-pyrrole nitrogens is 1. The molecule has 30 heavy (non-hydrogen) atoms. The van der Waals surface area contributed by atoms with Gasteiger partial charge in [0.1, 0.15) is 13.5 Å². The molecule has 0 aliphatic rings. The van der Waals surface area contributed by atoms with Gasteiger partial charge in [-0.2, -0.15) is 5.26 Å². The van der Waals surface area contributed by atoms with Crippen LogP contribution in [0, 0.1) is 31.0 Å². The summed E-state index contributed by atoms with van der Waals surface area (Å²) in [5.74, 6) is -1.46. The number of fused-ring (bicyclic) bond motifs is 1. The predicted molar refractivity (Wildman–Crippen MR) is 118 cm³/mol. The van der Waals surface area contributed by atoms with Crippen LogP contribution >= 0.6 is 19.4 Å². The number of nitriles is 1. The fourth-order valence-electron chi connectivity index (χ4n) is 3.36. The van der Waals surface area contributed by atoms with Gasteiger partial charge in [-0.05, 0) is 61.7 Å². The van der Waals surface area contributed by atoms with Gasteiger partial charge in [-0.15, -0.1) is 0 Å². The van der Waals surface area contributed by atoms with Gasteiger partial charge in [0.2, 0.25) is 0 Å². The first-order chi connectivity index (χ1) is 14.3. The molecular formula is C22H19ClFN2O3P. The van der Waals surface area contributed by atoms with E-state index in [1.165, 1.54) is 18.2 Å². The Morgan fingerprint density at radius 3 is 2.77 bits per heavy atom. The van der Waals surface area contributed by atoms with Crippen molar-refractivity contribution in [3.05, 3.63) is 63.6 Å². The van der Waals surface area contributed by atoms with E-state index in [-0.39, 0.29) is 28.0 Å². The van der Waals surface area contributed by atoms with Crippen molar-refractivity contribution in [2.45, 2.75) is 20.8 Å². The van der Waals surface area contributed by atoms with Crippen molar-refractivity contribution in [2.24, 2.45) is 0 Å². The van der Waals surface area contributed by atoms with E-state index < -0.39 is 19.6 Å². The zero-order chi connectivity index (χ0) is 22.0. The van der Waals surface area contributed by atoms with E-state index >= 15 is 0 Å². The molecule has 154 valence electrons. The Balaban J connectivity index is 2.32. The third-order valence-electron chi connectivity index (χ3n) is 4.74. The van der Waals surface area contributed by atoms with Gasteiger partial charge < -0.3 is 14.3 Å². The van der Waals surface area contributed by atoms with E-state index in [0.717, 1.165) is 11.1 Å². The lowest BCUT2D eigenvalue weighted by Gasteiger charge is -2.12. The molecular weight excluding hydrogens is 426 g/mol. The van der Waals surface area contributed by atoms with Gasteiger partial charge in [0.25, 0.3) is 0 Å². The van der Waals surface area contributed by atoms with Crippen molar-refractivity contribution in [1.29, 1.82) is 5.26 Å². The van der Waals surface area contributed by atoms with Crippen LogP contribution in [0.25, 0.3) is 17.0 Å². The molecule has 1 atom stereocenters. The number of allylic oxidation sites excluding steroid dienone is 1. The first kappa shape index (κ1) is 21.8. The van der Waals surface area contributed by atoms with E-state index in [1.54, 1.807) is 26.0 Å². The second-order valence-corrected chi connectivity index (χ2v) is 8.80. The zero-order valence-electron chi connectivity index (χ0n) is 16.6. The van der Waals surface area contributed by atoms with E-state index in [1.807, 2.05) is 19.1 Å². The molecule has 3 aromatic rings. The normalized spacial score (nSPS) is 12.3. The van der Waals surface area contributed by atoms with Crippen LogP contribution in [0.5, 0.6) is 0 Å². The number of carbonyl (C=O) groups excluding carboxylic acids is 1. The number of halogens is 2. The van der Waals surface area contributed by atoms with Crippen LogP contribution in [-0.4, -0.2) is 17.6 Å². The summed E-state index contributed by atoms with van der Waals surface area (Å²) in [6, 6.07) is 8.45. The highest BCUT2D eigenvalue weighted by Crippen LogP contribution is 2.34. The second kappa shape index (κ2) is 8.87. The summed E-state index contributed by atoms with van der Waals surface area (Å²) in [5, 5.41) is 9.25. The molecule has 0 bridgehead atoms. The van der Waals surface area contributed by atoms with E-state index in [4.69, 9.17) is 21.6 Å². The number of hydrogen-bond acceptors (Lipinski definition) is 4. The van der Waals surface area contributed by atoms with Crippen LogP contribution in [0.3, 0.4) is 0 Å². The summed E-state index contributed by atoms with van der Waals surface area (Å²) in [6.45, 7) is 5.38. The van der Waals surface area contributed by atoms with Crippen LogP contribution in [-0.2, 0) is 9.30 Å². The van der Waals surface area contributed by atoms with Gasteiger partial charge in [-0.25, -0.2) is 9.18 Å². The monoisotopic (exact) mass is 444 g/mol. The van der Waals surface area contributed by atoms with Crippen molar-refractivity contribution >= 4 is 53.0 Å². The van der Waals surface area contributed by atoms with Crippen LogP contribution in [0.15, 0.2) is 30.3 Å². The molecule has 1 aromatic heterocycles. The van der Waals surface area contributed by atoms with Crippen molar-refractivity contribution in [3.63, 3.8) is 0 Å². The molecule has 0 aliphatic heterocycles. The number of carbonyl (C=O) groups is 1. The van der Waals surface area contributed by atoms with Crippen molar-refractivity contribution in [3.8, 4) is 6.07 Å². The highest BCUT2D eigenvalue weighted by atomic mass is 35.5. The summed E-state index contributed by atoms with van der Waals surface area (Å²) in [6.07, 6.45) is 2.96. The zero-order valence-corrected chi connectivity index (χ0v) is 18.4. The highest BCUT2D eigenvalue weighted by Gasteiger charge is 2.28. The molecule has 0 saturated heterocycles. The molecule has 0 radical (unpaired) electrons. The van der Waals surface area contributed by atoms with Crippen LogP contribution in [0.4, 0.5) is 4.39 Å². The van der Waals surface area contributed by atoms with Crippen LogP contribution in [0.1, 0.15) is 34.1 Å². The number of aromatic amines is 1. The smallest absolute Gasteiger partial charge is 0.355 e. The molecule has 8 heteroatoms. The van der Waals surface area contributed by atoms with E-state index in [2.05, 4.69) is 4.98 Å². The second-order valence-electron chi connectivity index (χ2n) is 6.70. The van der Waals surface area contributed by atoms with Gasteiger partial charge in [-0.1, -0.05) is 17.7 Å². The number of nitrogens with one attached hydrogen (secondary N) is 1.